The number of amides is 1. The molecular weight excluding hydrogens is 356 g/mol. The maximum atomic E-state index is 12.4. The van der Waals surface area contributed by atoms with Crippen LogP contribution >= 0.6 is 0 Å². The van der Waals surface area contributed by atoms with Gasteiger partial charge in [-0.1, -0.05) is 12.8 Å². The van der Waals surface area contributed by atoms with E-state index >= 15 is 0 Å². The van der Waals surface area contributed by atoms with Gasteiger partial charge in [-0.3, -0.25) is 9.52 Å². The molecule has 138 valence electrons. The summed E-state index contributed by atoms with van der Waals surface area (Å²) in [5, 5.41) is 2.84. The zero-order chi connectivity index (χ0) is 18.6. The quantitative estimate of drug-likeness (QED) is 0.801. The number of sulfonamides is 1. The molecule has 1 fully saturated rings. The van der Waals surface area contributed by atoms with E-state index < -0.39 is 10.0 Å². The van der Waals surface area contributed by atoms with E-state index in [0.29, 0.717) is 5.69 Å². The average Bonchev–Trinajstić information content (AvgIpc) is 3.17. The Kier molecular flexibility index (Phi) is 5.36. The summed E-state index contributed by atoms with van der Waals surface area (Å²) in [6.45, 7) is 0. The predicted molar refractivity (Wildman–Crippen MR) is 96.4 cm³/mol. The number of carbonyl (C=O) groups excluding carboxylic acids is 1. The number of hydrogen-bond acceptors (Lipinski definition) is 6. The Bertz CT molecular complexity index is 878. The van der Waals surface area contributed by atoms with E-state index in [0.717, 1.165) is 25.7 Å². The van der Waals surface area contributed by atoms with Crippen LogP contribution in [0, 0.1) is 5.92 Å². The number of methoxy groups -OCH3 is 1. The van der Waals surface area contributed by atoms with E-state index in [-0.39, 0.29) is 28.4 Å². The van der Waals surface area contributed by atoms with E-state index in [9.17, 15) is 13.2 Å². The lowest BCUT2D eigenvalue weighted by molar-refractivity contribution is -0.119. The van der Waals surface area contributed by atoms with Crippen LogP contribution in [-0.2, 0) is 14.8 Å². The topological polar surface area (TPSA) is 110 Å². The van der Waals surface area contributed by atoms with E-state index in [1.807, 2.05) is 0 Å². The second-order valence-corrected chi connectivity index (χ2v) is 7.73. The molecule has 0 bridgehead atoms. The van der Waals surface area contributed by atoms with Gasteiger partial charge in [-0.2, -0.15) is 0 Å². The van der Waals surface area contributed by atoms with Gasteiger partial charge in [0.1, 0.15) is 12.1 Å². The van der Waals surface area contributed by atoms with Crippen molar-refractivity contribution in [1.82, 2.24) is 9.97 Å². The molecule has 1 aliphatic rings. The molecule has 1 aliphatic carbocycles. The molecule has 0 spiro atoms. The lowest BCUT2D eigenvalue weighted by atomic mass is 10.1. The third-order valence-electron chi connectivity index (χ3n) is 4.25. The van der Waals surface area contributed by atoms with Gasteiger partial charge in [0.05, 0.1) is 12.0 Å². The van der Waals surface area contributed by atoms with Crippen molar-refractivity contribution in [2.75, 3.05) is 17.1 Å². The van der Waals surface area contributed by atoms with Gasteiger partial charge in [-0.25, -0.2) is 18.4 Å². The Hall–Kier alpha value is -2.68. The highest BCUT2D eigenvalue weighted by atomic mass is 32.2. The van der Waals surface area contributed by atoms with E-state index in [2.05, 4.69) is 20.0 Å². The van der Waals surface area contributed by atoms with Crippen LogP contribution in [0.2, 0.25) is 0 Å². The fourth-order valence-electron chi connectivity index (χ4n) is 2.85. The van der Waals surface area contributed by atoms with Crippen LogP contribution in [0.25, 0.3) is 0 Å². The third kappa shape index (κ3) is 4.29. The summed E-state index contributed by atoms with van der Waals surface area (Å²) in [6, 6.07) is 7.40. The molecule has 0 aliphatic heterocycles. The summed E-state index contributed by atoms with van der Waals surface area (Å²) in [7, 11) is -2.38. The minimum absolute atomic E-state index is 0.00990. The molecule has 1 saturated carbocycles. The molecule has 2 N–H and O–H groups in total. The van der Waals surface area contributed by atoms with Gasteiger partial charge in [-0.05, 0) is 37.1 Å². The molecule has 1 heterocycles. The number of carbonyl (C=O) groups is 1. The van der Waals surface area contributed by atoms with Crippen molar-refractivity contribution in [3.05, 3.63) is 36.7 Å². The Balaban J connectivity index is 1.69. The third-order valence-corrected chi connectivity index (χ3v) is 5.62. The summed E-state index contributed by atoms with van der Waals surface area (Å²) < 4.78 is 32.2. The molecule has 9 heteroatoms. The van der Waals surface area contributed by atoms with Crippen LogP contribution in [0.15, 0.2) is 41.6 Å². The van der Waals surface area contributed by atoms with Gasteiger partial charge < -0.3 is 10.1 Å². The fraction of sp³-hybridized carbons (Fsp3) is 0.353. The smallest absolute Gasteiger partial charge is 0.263 e. The van der Waals surface area contributed by atoms with Crippen molar-refractivity contribution in [2.24, 2.45) is 5.92 Å². The predicted octanol–water partition coefficient (Wildman–Crippen LogP) is 2.41. The number of rotatable bonds is 6. The molecule has 8 nitrogen and oxygen atoms in total. The Morgan fingerprint density at radius 1 is 1.15 bits per heavy atom. The van der Waals surface area contributed by atoms with E-state index in [1.165, 1.54) is 31.6 Å². The van der Waals surface area contributed by atoms with Crippen molar-refractivity contribution in [3.63, 3.8) is 0 Å². The molecule has 2 aromatic rings. The Morgan fingerprint density at radius 2 is 1.85 bits per heavy atom. The van der Waals surface area contributed by atoms with Gasteiger partial charge in [0.2, 0.25) is 11.8 Å². The second-order valence-electron chi connectivity index (χ2n) is 6.05. The molecule has 1 aromatic carbocycles. The molecule has 0 atom stereocenters. The highest BCUT2D eigenvalue weighted by Crippen LogP contribution is 2.26. The van der Waals surface area contributed by atoms with Crippen LogP contribution < -0.4 is 14.8 Å². The van der Waals surface area contributed by atoms with E-state index in [1.54, 1.807) is 12.1 Å². The van der Waals surface area contributed by atoms with Crippen LogP contribution in [0.5, 0.6) is 5.88 Å². The number of anilines is 2. The minimum Gasteiger partial charge on any atom is -0.481 e. The Morgan fingerprint density at radius 3 is 2.50 bits per heavy atom. The molecule has 1 aromatic heterocycles. The van der Waals surface area contributed by atoms with Crippen molar-refractivity contribution in [2.45, 2.75) is 30.6 Å². The monoisotopic (exact) mass is 376 g/mol. The summed E-state index contributed by atoms with van der Waals surface area (Å²) in [4.78, 5) is 19.9. The molecule has 1 amide bonds. The molecule has 0 saturated heterocycles. The number of benzene rings is 1. The zero-order valence-corrected chi connectivity index (χ0v) is 15.1. The van der Waals surface area contributed by atoms with Crippen molar-refractivity contribution >= 4 is 27.4 Å². The van der Waals surface area contributed by atoms with Gasteiger partial charge in [0, 0.05) is 17.7 Å². The molecule has 26 heavy (non-hydrogen) atoms. The number of nitrogens with zero attached hydrogens (tertiary/aromatic N) is 2. The van der Waals surface area contributed by atoms with Crippen LogP contribution in [-0.4, -0.2) is 31.4 Å². The molecular formula is C17H20N4O4S. The highest BCUT2D eigenvalue weighted by Gasteiger charge is 2.23. The van der Waals surface area contributed by atoms with Gasteiger partial charge in [-0.15, -0.1) is 0 Å². The number of ether oxygens (including phenoxy) is 1. The van der Waals surface area contributed by atoms with Crippen molar-refractivity contribution in [1.29, 1.82) is 0 Å². The summed E-state index contributed by atoms with van der Waals surface area (Å²) in [6.07, 6.45) is 5.18. The maximum absolute atomic E-state index is 12.4. The fourth-order valence-corrected chi connectivity index (χ4v) is 3.85. The summed E-state index contributed by atoms with van der Waals surface area (Å²) in [5.74, 6) is 0.398. The molecule has 0 unspecified atom stereocenters. The number of hydrogen-bond donors (Lipinski definition) is 2. The summed E-state index contributed by atoms with van der Waals surface area (Å²) in [5.41, 5.74) is 0.574. The average molecular weight is 376 g/mol. The standard InChI is InChI=1S/C17H20N4O4S/c1-25-16-10-15(18-11-19-16)21-26(23,24)14-8-6-13(7-9-14)20-17(22)12-4-2-3-5-12/h6-12H,2-5H2,1H3,(H,20,22)(H,18,19,21). The van der Waals surface area contributed by atoms with Gasteiger partial charge >= 0.3 is 0 Å². The summed E-state index contributed by atoms with van der Waals surface area (Å²) >= 11 is 0. The largest absolute Gasteiger partial charge is 0.481 e. The van der Waals surface area contributed by atoms with Crippen molar-refractivity contribution in [3.8, 4) is 5.88 Å². The molecule has 3 rings (SSSR count). The van der Waals surface area contributed by atoms with E-state index in [4.69, 9.17) is 4.74 Å². The SMILES string of the molecule is COc1cc(NS(=O)(=O)c2ccc(NC(=O)C3CCCC3)cc2)ncn1. The molecule has 0 radical (unpaired) electrons. The number of nitrogens with one attached hydrogen (secondary N) is 2. The van der Waals surface area contributed by atoms with Crippen LogP contribution in [0.4, 0.5) is 11.5 Å². The first-order chi connectivity index (χ1) is 12.5. The van der Waals surface area contributed by atoms with Crippen LogP contribution in [0.1, 0.15) is 25.7 Å². The normalized spacial score (nSPS) is 14.8. The lowest BCUT2D eigenvalue weighted by Crippen LogP contribution is -2.20. The Labute approximate surface area is 152 Å². The van der Waals surface area contributed by atoms with Gasteiger partial charge in [0.15, 0.2) is 0 Å². The highest BCUT2D eigenvalue weighted by molar-refractivity contribution is 7.92. The second kappa shape index (κ2) is 7.69. The minimum atomic E-state index is -3.81. The van der Waals surface area contributed by atoms with Crippen LogP contribution in [0.3, 0.4) is 0 Å². The lowest BCUT2D eigenvalue weighted by Gasteiger charge is -2.11. The number of aromatic nitrogens is 2. The first-order valence-corrected chi connectivity index (χ1v) is 9.76. The van der Waals surface area contributed by atoms with Gasteiger partial charge in [0.25, 0.3) is 10.0 Å². The first-order valence-electron chi connectivity index (χ1n) is 8.28. The van der Waals surface area contributed by atoms with Crippen molar-refractivity contribution < 1.29 is 17.9 Å². The first kappa shape index (κ1) is 18.1. The zero-order valence-electron chi connectivity index (χ0n) is 14.3. The maximum Gasteiger partial charge on any atom is 0.263 e.